The van der Waals surface area contributed by atoms with Crippen LogP contribution in [0.25, 0.3) is 0 Å². The molecule has 144 valence electrons. The minimum Gasteiger partial charge on any atom is -0.207 e. The van der Waals surface area contributed by atoms with E-state index in [0.717, 1.165) is 18.1 Å². The van der Waals surface area contributed by atoms with E-state index in [0.29, 0.717) is 6.07 Å². The van der Waals surface area contributed by atoms with E-state index in [1.165, 1.54) is 5.56 Å². The number of hydrogen-bond acceptors (Lipinski definition) is 0. The second-order valence-electron chi connectivity index (χ2n) is 5.81. The highest BCUT2D eigenvalue weighted by atomic mass is 19.4. The summed E-state index contributed by atoms with van der Waals surface area (Å²) in [5, 5.41) is 0. The summed E-state index contributed by atoms with van der Waals surface area (Å²) in [5.41, 5.74) is -1.41. The van der Waals surface area contributed by atoms with Gasteiger partial charge in [0.1, 0.15) is 11.6 Å². The summed E-state index contributed by atoms with van der Waals surface area (Å²) in [4.78, 5) is 0. The van der Waals surface area contributed by atoms with Crippen molar-refractivity contribution < 1.29 is 35.1 Å². The Balaban J connectivity index is 0.000000289. The van der Waals surface area contributed by atoms with Crippen LogP contribution in [-0.4, -0.2) is 0 Å². The van der Waals surface area contributed by atoms with Gasteiger partial charge in [0.15, 0.2) is 0 Å². The molecule has 0 aliphatic rings. The zero-order chi connectivity index (χ0) is 20.4. The fourth-order valence-electron chi connectivity index (χ4n) is 2.33. The highest BCUT2D eigenvalue weighted by molar-refractivity contribution is 5.39. The maximum atomic E-state index is 12.7. The predicted octanol–water partition coefficient (Wildman–Crippen LogP) is 6.92. The molecule has 0 heterocycles. The zero-order valence-electron chi connectivity index (χ0n) is 14.3. The molecule has 0 aliphatic carbocycles. The van der Waals surface area contributed by atoms with Crippen LogP contribution in [0.2, 0.25) is 0 Å². The lowest BCUT2D eigenvalue weighted by Crippen LogP contribution is -2.18. The molecule has 0 unspecified atom stereocenters. The van der Waals surface area contributed by atoms with E-state index < -0.39 is 34.9 Å². The zero-order valence-corrected chi connectivity index (χ0v) is 14.3. The Hall–Kier alpha value is -2.12. The molecule has 8 heteroatoms. The van der Waals surface area contributed by atoms with E-state index in [4.69, 9.17) is 0 Å². The molecule has 0 N–H and O–H groups in total. The highest BCUT2D eigenvalue weighted by Crippen LogP contribution is 2.42. The molecule has 0 spiro atoms. The molecule has 0 bridgehead atoms. The van der Waals surface area contributed by atoms with Crippen molar-refractivity contribution >= 4 is 0 Å². The first-order valence-electron chi connectivity index (χ1n) is 7.32. The Morgan fingerprint density at radius 3 is 1.35 bits per heavy atom. The number of benzene rings is 2. The van der Waals surface area contributed by atoms with Gasteiger partial charge >= 0.3 is 12.4 Å². The van der Waals surface area contributed by atoms with E-state index in [2.05, 4.69) is 0 Å². The SMILES string of the molecule is Cc1cc(F)cc(C(F)(F)F)c1C(F)(F)F.Cc1cc(F)cc(C)c1C. The molecule has 26 heavy (non-hydrogen) atoms. The van der Waals surface area contributed by atoms with Crippen molar-refractivity contribution in [3.8, 4) is 0 Å². The van der Waals surface area contributed by atoms with E-state index in [1.54, 1.807) is 12.1 Å². The monoisotopic (exact) mass is 384 g/mol. The molecule has 2 aromatic rings. The van der Waals surface area contributed by atoms with E-state index >= 15 is 0 Å². The van der Waals surface area contributed by atoms with Crippen molar-refractivity contribution in [2.75, 3.05) is 0 Å². The van der Waals surface area contributed by atoms with Gasteiger partial charge in [-0.05, 0) is 74.2 Å². The van der Waals surface area contributed by atoms with E-state index in [1.807, 2.05) is 20.8 Å². The number of rotatable bonds is 0. The maximum absolute atomic E-state index is 12.7. The van der Waals surface area contributed by atoms with Crippen molar-refractivity contribution in [3.05, 3.63) is 69.3 Å². The lowest BCUT2D eigenvalue weighted by atomic mass is 10.0. The van der Waals surface area contributed by atoms with Gasteiger partial charge in [-0.1, -0.05) is 0 Å². The van der Waals surface area contributed by atoms with Crippen molar-refractivity contribution in [3.63, 3.8) is 0 Å². The average molecular weight is 384 g/mol. The summed E-state index contributed by atoms with van der Waals surface area (Å²) >= 11 is 0. The fourth-order valence-corrected chi connectivity index (χ4v) is 2.33. The Kier molecular flexibility index (Phi) is 6.44. The molecule has 0 aliphatic heterocycles. The van der Waals surface area contributed by atoms with Crippen LogP contribution in [-0.2, 0) is 12.4 Å². The predicted molar refractivity (Wildman–Crippen MR) is 81.8 cm³/mol. The van der Waals surface area contributed by atoms with Gasteiger partial charge in [0.05, 0.1) is 11.1 Å². The molecule has 0 radical (unpaired) electrons. The van der Waals surface area contributed by atoms with Gasteiger partial charge in [0, 0.05) is 0 Å². The van der Waals surface area contributed by atoms with Gasteiger partial charge in [0.2, 0.25) is 0 Å². The number of alkyl halides is 6. The second kappa shape index (κ2) is 7.63. The van der Waals surface area contributed by atoms with Crippen molar-refractivity contribution in [1.82, 2.24) is 0 Å². The summed E-state index contributed by atoms with van der Waals surface area (Å²) in [6, 6.07) is 3.37. The first-order valence-corrected chi connectivity index (χ1v) is 7.32. The maximum Gasteiger partial charge on any atom is 0.417 e. The molecule has 0 saturated carbocycles. The van der Waals surface area contributed by atoms with Crippen LogP contribution in [0.5, 0.6) is 0 Å². The third-order valence-corrected chi connectivity index (χ3v) is 3.78. The fraction of sp³-hybridized carbons (Fsp3) is 0.333. The third-order valence-electron chi connectivity index (χ3n) is 3.78. The van der Waals surface area contributed by atoms with Crippen LogP contribution >= 0.6 is 0 Å². The average Bonchev–Trinajstić information content (AvgIpc) is 2.42. The molecule has 0 amide bonds. The minimum atomic E-state index is -5.24. The van der Waals surface area contributed by atoms with Gasteiger partial charge in [-0.25, -0.2) is 8.78 Å². The molecule has 0 saturated heterocycles. The summed E-state index contributed by atoms with van der Waals surface area (Å²) in [6.07, 6.45) is -10.4. The third kappa shape index (κ3) is 5.44. The molecule has 0 fully saturated rings. The van der Waals surface area contributed by atoms with Crippen LogP contribution in [0, 0.1) is 39.3 Å². The summed E-state index contributed by atoms with van der Waals surface area (Å²) < 4.78 is 99.1. The molecule has 0 aromatic heterocycles. The minimum absolute atomic E-state index is 0.138. The molecular formula is C18H16F8. The largest absolute Gasteiger partial charge is 0.417 e. The molecule has 0 atom stereocenters. The van der Waals surface area contributed by atoms with Gasteiger partial charge in [0.25, 0.3) is 0 Å². The normalized spacial score (nSPS) is 11.8. The lowest BCUT2D eigenvalue weighted by Gasteiger charge is -2.17. The van der Waals surface area contributed by atoms with Gasteiger partial charge in [-0.15, -0.1) is 0 Å². The van der Waals surface area contributed by atoms with Crippen LogP contribution in [0.4, 0.5) is 35.1 Å². The van der Waals surface area contributed by atoms with Crippen LogP contribution in [0.15, 0.2) is 24.3 Å². The second-order valence-corrected chi connectivity index (χ2v) is 5.81. The van der Waals surface area contributed by atoms with Crippen molar-refractivity contribution in [1.29, 1.82) is 0 Å². The van der Waals surface area contributed by atoms with Crippen molar-refractivity contribution in [2.45, 2.75) is 40.0 Å². The molecule has 2 rings (SSSR count). The Bertz CT molecular complexity index is 762. The number of halogens is 8. The van der Waals surface area contributed by atoms with E-state index in [-0.39, 0.29) is 11.9 Å². The van der Waals surface area contributed by atoms with Gasteiger partial charge < -0.3 is 0 Å². The first-order chi connectivity index (χ1) is 11.6. The number of hydrogen-bond donors (Lipinski definition) is 0. The van der Waals surface area contributed by atoms with Crippen LogP contribution < -0.4 is 0 Å². The van der Waals surface area contributed by atoms with Gasteiger partial charge in [-0.2, -0.15) is 26.3 Å². The smallest absolute Gasteiger partial charge is 0.207 e. The quantitative estimate of drug-likeness (QED) is 0.433. The summed E-state index contributed by atoms with van der Waals surface area (Å²) in [7, 11) is 0. The van der Waals surface area contributed by atoms with Crippen LogP contribution in [0.3, 0.4) is 0 Å². The Morgan fingerprint density at radius 2 is 0.962 bits per heavy atom. The summed E-state index contributed by atoms with van der Waals surface area (Å²) in [6.45, 7) is 6.63. The molecule has 0 nitrogen and oxygen atoms in total. The van der Waals surface area contributed by atoms with Crippen molar-refractivity contribution in [2.24, 2.45) is 0 Å². The Labute approximate surface area is 145 Å². The van der Waals surface area contributed by atoms with Gasteiger partial charge in [-0.3, -0.25) is 0 Å². The molecule has 2 aromatic carbocycles. The van der Waals surface area contributed by atoms with E-state index in [9.17, 15) is 35.1 Å². The summed E-state index contributed by atoms with van der Waals surface area (Å²) in [5.74, 6) is -1.49. The highest BCUT2D eigenvalue weighted by Gasteiger charge is 2.44. The number of aryl methyl sites for hydroxylation is 3. The van der Waals surface area contributed by atoms with Crippen LogP contribution in [0.1, 0.15) is 33.4 Å². The molecular weight excluding hydrogens is 368 g/mol. The topological polar surface area (TPSA) is 0 Å². The lowest BCUT2D eigenvalue weighted by molar-refractivity contribution is -0.162. The standard InChI is InChI=1S/C9H5F7.C9H11F/c1-4-2-5(10)3-6(8(11,12)13)7(4)9(14,15)16;1-6-4-9(10)5-7(2)8(6)3/h2-3H,1H3;4-5H,1-3H3. The first kappa shape index (κ1) is 21.9. The Morgan fingerprint density at radius 1 is 0.577 bits per heavy atom.